The van der Waals surface area contributed by atoms with Gasteiger partial charge in [0.15, 0.2) is 0 Å². The molecule has 0 aromatic heterocycles. The molecule has 0 rings (SSSR count). The Bertz CT molecular complexity index is 361. The van der Waals surface area contributed by atoms with Gasteiger partial charge < -0.3 is 14.7 Å². The Morgan fingerprint density at radius 3 is 1.05 bits per heavy atom. The van der Waals surface area contributed by atoms with Gasteiger partial charge in [0.1, 0.15) is 5.39 Å². The predicted octanol–water partition coefficient (Wildman–Crippen LogP) is 0.324. The van der Waals surface area contributed by atoms with E-state index in [-0.39, 0.29) is 0 Å². The lowest BCUT2D eigenvalue weighted by Crippen LogP contribution is -2.22. The highest BCUT2D eigenvalue weighted by molar-refractivity contribution is 7.48. The second kappa shape index (κ2) is 7.34. The third-order valence-corrected chi connectivity index (χ3v) is 3.61. The molecule has 0 aliphatic heterocycles. The summed E-state index contributed by atoms with van der Waals surface area (Å²) in [5.74, 6) is 0. The summed E-state index contributed by atoms with van der Waals surface area (Å²) in [6.07, 6.45) is 0. The second-order valence-electron chi connectivity index (χ2n) is 2.42. The highest BCUT2D eigenvalue weighted by Gasteiger charge is 2.37. The van der Waals surface area contributed by atoms with Crippen molar-refractivity contribution >= 4 is 23.5 Å². The van der Waals surface area contributed by atoms with Crippen molar-refractivity contribution in [2.45, 2.75) is 0 Å². The summed E-state index contributed by atoms with van der Waals surface area (Å²) in [6, 6.07) is 0. The maximum Gasteiger partial charge on any atom is 0.492 e. The Labute approximate surface area is 107 Å². The molecule has 19 heavy (non-hydrogen) atoms. The minimum atomic E-state index is -4.82. The first kappa shape index (κ1) is 19.3. The third kappa shape index (κ3) is 8.23. The van der Waals surface area contributed by atoms with Crippen molar-refractivity contribution in [1.82, 2.24) is 5.39 Å². The first-order valence-corrected chi connectivity index (χ1v) is 8.50. The predicted molar refractivity (Wildman–Crippen MR) is 55.6 cm³/mol. The minimum absolute atomic E-state index is 0.696. The maximum absolute atomic E-state index is 11.0. The fourth-order valence-electron chi connectivity index (χ4n) is 0.397. The van der Waals surface area contributed by atoms with Gasteiger partial charge in [0.2, 0.25) is 0 Å². The molecule has 0 bridgehead atoms. The molecule has 0 amide bonds. The van der Waals surface area contributed by atoms with E-state index in [0.29, 0.717) is 0 Å². The molecular formula is C3H12NO12P3. The molecule has 3 unspecified atom stereocenters. The first-order valence-electron chi connectivity index (χ1n) is 4.02. The molecule has 0 radical (unpaired) electrons. The zero-order chi connectivity index (χ0) is 15.3. The standard InChI is InChI=1S/C3H12NO12P3/c1-11-17(5,6)14-4(15-18(7,8)12-2)16-19(9,10)13-3/h1-3H3,(H,5,6)(H,7,8)(H,9,10). The van der Waals surface area contributed by atoms with Crippen LogP contribution >= 0.6 is 23.5 Å². The Balaban J connectivity index is 5.00. The molecule has 116 valence electrons. The summed E-state index contributed by atoms with van der Waals surface area (Å²) in [5.41, 5.74) is 0. The van der Waals surface area contributed by atoms with Crippen LogP contribution in [0.25, 0.3) is 0 Å². The summed E-state index contributed by atoms with van der Waals surface area (Å²) in [6.45, 7) is 0. The fourth-order valence-corrected chi connectivity index (χ4v) is 1.46. The van der Waals surface area contributed by atoms with Gasteiger partial charge >= 0.3 is 23.5 Å². The van der Waals surface area contributed by atoms with Crippen LogP contribution in [-0.4, -0.2) is 41.4 Å². The lowest BCUT2D eigenvalue weighted by Gasteiger charge is -2.22. The number of nitrogens with zero attached hydrogens (tertiary/aromatic N) is 1. The Kier molecular flexibility index (Phi) is 7.45. The van der Waals surface area contributed by atoms with E-state index >= 15 is 0 Å². The monoisotopic (exact) mass is 347 g/mol. The molecule has 0 heterocycles. The van der Waals surface area contributed by atoms with Crippen molar-refractivity contribution in [2.24, 2.45) is 0 Å². The highest BCUT2D eigenvalue weighted by Crippen LogP contribution is 2.53. The van der Waals surface area contributed by atoms with Crippen molar-refractivity contribution in [3.8, 4) is 0 Å². The van der Waals surface area contributed by atoms with E-state index in [0.717, 1.165) is 21.3 Å². The van der Waals surface area contributed by atoms with E-state index in [1.165, 1.54) is 0 Å². The Hall–Kier alpha value is 0.290. The normalized spacial score (nSPS) is 21.6. The van der Waals surface area contributed by atoms with Gasteiger partial charge in [-0.3, -0.25) is 13.6 Å². The van der Waals surface area contributed by atoms with Gasteiger partial charge in [-0.25, -0.2) is 13.7 Å². The second-order valence-corrected chi connectivity index (χ2v) is 6.82. The minimum Gasteiger partial charge on any atom is -0.301 e. The molecule has 0 aromatic carbocycles. The van der Waals surface area contributed by atoms with E-state index in [1.54, 1.807) is 0 Å². The molecule has 3 atom stereocenters. The topological polar surface area (TPSA) is 171 Å². The van der Waals surface area contributed by atoms with E-state index in [9.17, 15) is 13.7 Å². The quantitative estimate of drug-likeness (QED) is 0.385. The van der Waals surface area contributed by atoms with Gasteiger partial charge in [-0.2, -0.15) is 0 Å². The largest absolute Gasteiger partial charge is 0.492 e. The average molecular weight is 347 g/mol. The molecule has 0 fully saturated rings. The van der Waals surface area contributed by atoms with Crippen LogP contribution in [-0.2, 0) is 41.1 Å². The summed E-state index contributed by atoms with van der Waals surface area (Å²) < 4.78 is 56.6. The number of phosphoric acid groups is 3. The molecule has 0 aliphatic rings. The lowest BCUT2D eigenvalue weighted by molar-refractivity contribution is -0.426. The highest BCUT2D eigenvalue weighted by atomic mass is 31.2. The van der Waals surface area contributed by atoms with Crippen molar-refractivity contribution < 1.29 is 55.8 Å². The molecule has 3 N–H and O–H groups in total. The van der Waals surface area contributed by atoms with E-state index in [2.05, 4.69) is 27.4 Å². The molecule has 13 nitrogen and oxygen atoms in total. The number of hydrogen-bond donors (Lipinski definition) is 3. The number of rotatable bonds is 9. The Morgan fingerprint density at radius 1 is 0.684 bits per heavy atom. The van der Waals surface area contributed by atoms with Crippen LogP contribution in [0.15, 0.2) is 0 Å². The van der Waals surface area contributed by atoms with Crippen LogP contribution in [0, 0.1) is 0 Å². The fraction of sp³-hybridized carbons (Fsp3) is 1.00. The van der Waals surface area contributed by atoms with Gasteiger partial charge in [-0.1, -0.05) is 0 Å². The lowest BCUT2D eigenvalue weighted by atomic mass is 11.8. The van der Waals surface area contributed by atoms with Gasteiger partial charge in [-0.05, 0) is 0 Å². The van der Waals surface area contributed by atoms with E-state index in [1.807, 2.05) is 0 Å². The molecular weight excluding hydrogens is 335 g/mol. The van der Waals surface area contributed by atoms with E-state index in [4.69, 9.17) is 14.7 Å². The number of hydrogen-bond acceptors (Lipinski definition) is 10. The Morgan fingerprint density at radius 2 is 0.895 bits per heavy atom. The van der Waals surface area contributed by atoms with Gasteiger partial charge in [-0.15, -0.1) is 13.9 Å². The average Bonchev–Trinajstić information content (AvgIpc) is 2.27. The van der Waals surface area contributed by atoms with Crippen molar-refractivity contribution in [1.29, 1.82) is 0 Å². The van der Waals surface area contributed by atoms with E-state index < -0.39 is 28.9 Å². The van der Waals surface area contributed by atoms with Crippen LogP contribution in [0.2, 0.25) is 0 Å². The van der Waals surface area contributed by atoms with Crippen molar-refractivity contribution in [3.63, 3.8) is 0 Å². The molecule has 0 saturated heterocycles. The van der Waals surface area contributed by atoms with Crippen LogP contribution in [0.3, 0.4) is 0 Å². The van der Waals surface area contributed by atoms with Gasteiger partial charge in [0.05, 0.1) is 0 Å². The van der Waals surface area contributed by atoms with Crippen LogP contribution < -0.4 is 0 Å². The summed E-state index contributed by atoms with van der Waals surface area (Å²) in [7, 11) is -12.3. The third-order valence-electron chi connectivity index (χ3n) is 1.20. The molecule has 0 aliphatic carbocycles. The molecule has 16 heteroatoms. The summed E-state index contributed by atoms with van der Waals surface area (Å²) >= 11 is 0. The van der Waals surface area contributed by atoms with Crippen LogP contribution in [0.5, 0.6) is 0 Å². The van der Waals surface area contributed by atoms with Crippen LogP contribution in [0.1, 0.15) is 0 Å². The smallest absolute Gasteiger partial charge is 0.301 e. The van der Waals surface area contributed by atoms with Crippen LogP contribution in [0.4, 0.5) is 0 Å². The molecule has 0 aromatic rings. The summed E-state index contributed by atoms with van der Waals surface area (Å²) in [5, 5.41) is -0.696. The zero-order valence-electron chi connectivity index (χ0n) is 9.80. The molecule has 0 saturated carbocycles. The van der Waals surface area contributed by atoms with Gasteiger partial charge in [0.25, 0.3) is 0 Å². The SMILES string of the molecule is COP(=O)(O)ON(OP(=O)(O)OC)OP(=O)(O)OC. The molecule has 0 spiro atoms. The maximum atomic E-state index is 11.0. The first-order chi connectivity index (χ1) is 8.47. The van der Waals surface area contributed by atoms with Gasteiger partial charge in [0, 0.05) is 21.3 Å². The van der Waals surface area contributed by atoms with Crippen molar-refractivity contribution in [2.75, 3.05) is 21.3 Å². The summed E-state index contributed by atoms with van der Waals surface area (Å²) in [4.78, 5) is 26.8. The zero-order valence-corrected chi connectivity index (χ0v) is 12.5. The van der Waals surface area contributed by atoms with Crippen molar-refractivity contribution in [3.05, 3.63) is 0 Å². The number of phosphoric ester groups is 3.